The lowest BCUT2D eigenvalue weighted by Crippen LogP contribution is -2.46. The van der Waals surface area contributed by atoms with Gasteiger partial charge in [-0.2, -0.15) is 5.26 Å². The number of ether oxygens (including phenoxy) is 2. The van der Waals surface area contributed by atoms with Crippen molar-refractivity contribution in [3.05, 3.63) is 72.7 Å². The standard InChI is InChI=1S/C24H22N4O3/c25-15-22-24(27-13-12-26-22)31-21-7-4-14-28(16-21)23(29)17-30-20-10-8-19(9-11-20)18-5-2-1-3-6-18/h1-3,5-6,8-13,21H,4,7,14,16-17H2. The molecular weight excluding hydrogens is 392 g/mol. The zero-order valence-electron chi connectivity index (χ0n) is 17.0. The van der Waals surface area contributed by atoms with Crippen LogP contribution in [0.3, 0.4) is 0 Å². The van der Waals surface area contributed by atoms with Crippen LogP contribution in [-0.2, 0) is 4.79 Å². The van der Waals surface area contributed by atoms with Crippen LogP contribution in [0.2, 0.25) is 0 Å². The summed E-state index contributed by atoms with van der Waals surface area (Å²) in [7, 11) is 0. The van der Waals surface area contributed by atoms with Crippen LogP contribution in [0.25, 0.3) is 11.1 Å². The van der Waals surface area contributed by atoms with Gasteiger partial charge in [-0.05, 0) is 36.1 Å². The topological polar surface area (TPSA) is 88.3 Å². The van der Waals surface area contributed by atoms with E-state index in [0.29, 0.717) is 18.8 Å². The van der Waals surface area contributed by atoms with E-state index < -0.39 is 0 Å². The number of aromatic nitrogens is 2. The minimum Gasteiger partial charge on any atom is -0.484 e. The average Bonchev–Trinajstić information content (AvgIpc) is 2.84. The van der Waals surface area contributed by atoms with Crippen molar-refractivity contribution in [3.63, 3.8) is 0 Å². The second kappa shape index (κ2) is 9.72. The Balaban J connectivity index is 1.31. The van der Waals surface area contributed by atoms with E-state index >= 15 is 0 Å². The summed E-state index contributed by atoms with van der Waals surface area (Å²) in [5.74, 6) is 0.759. The third-order valence-electron chi connectivity index (χ3n) is 5.10. The van der Waals surface area contributed by atoms with Crippen molar-refractivity contribution in [2.75, 3.05) is 19.7 Å². The summed E-state index contributed by atoms with van der Waals surface area (Å²) in [6.07, 6.45) is 4.30. The molecule has 1 aliphatic heterocycles. The van der Waals surface area contributed by atoms with Crippen molar-refractivity contribution >= 4 is 5.91 Å². The van der Waals surface area contributed by atoms with Crippen LogP contribution in [0.4, 0.5) is 0 Å². The van der Waals surface area contributed by atoms with E-state index in [-0.39, 0.29) is 30.2 Å². The minimum absolute atomic E-state index is 0.0357. The smallest absolute Gasteiger partial charge is 0.260 e. The number of hydrogen-bond donors (Lipinski definition) is 0. The van der Waals surface area contributed by atoms with Crippen molar-refractivity contribution in [1.29, 1.82) is 5.26 Å². The van der Waals surface area contributed by atoms with Gasteiger partial charge in [0.2, 0.25) is 5.69 Å². The molecule has 2 aromatic carbocycles. The maximum absolute atomic E-state index is 12.6. The summed E-state index contributed by atoms with van der Waals surface area (Å²) in [6, 6.07) is 19.8. The van der Waals surface area contributed by atoms with Gasteiger partial charge in [0.25, 0.3) is 11.8 Å². The van der Waals surface area contributed by atoms with Crippen LogP contribution < -0.4 is 9.47 Å². The molecule has 1 atom stereocenters. The molecule has 0 N–H and O–H groups in total. The molecular formula is C24H22N4O3. The molecule has 0 spiro atoms. The fourth-order valence-electron chi connectivity index (χ4n) is 3.52. The van der Waals surface area contributed by atoms with Crippen molar-refractivity contribution in [3.8, 4) is 28.8 Å². The lowest BCUT2D eigenvalue weighted by atomic mass is 10.1. The maximum atomic E-state index is 12.6. The van der Waals surface area contributed by atoms with Crippen LogP contribution in [0.1, 0.15) is 18.5 Å². The van der Waals surface area contributed by atoms with Gasteiger partial charge in [-0.25, -0.2) is 9.97 Å². The highest BCUT2D eigenvalue weighted by molar-refractivity contribution is 5.78. The van der Waals surface area contributed by atoms with Crippen LogP contribution in [0.5, 0.6) is 11.6 Å². The summed E-state index contributed by atoms with van der Waals surface area (Å²) >= 11 is 0. The molecule has 0 saturated carbocycles. The Morgan fingerprint density at radius 1 is 1.06 bits per heavy atom. The molecule has 7 nitrogen and oxygen atoms in total. The first-order chi connectivity index (χ1) is 15.2. The lowest BCUT2D eigenvalue weighted by molar-refractivity contribution is -0.136. The van der Waals surface area contributed by atoms with Gasteiger partial charge < -0.3 is 14.4 Å². The molecule has 1 fully saturated rings. The van der Waals surface area contributed by atoms with Gasteiger partial charge >= 0.3 is 0 Å². The fraction of sp³-hybridized carbons (Fsp3) is 0.250. The normalized spacial score (nSPS) is 15.7. The molecule has 3 aromatic rings. The van der Waals surface area contributed by atoms with Gasteiger partial charge in [-0.15, -0.1) is 0 Å². The number of nitrogens with zero attached hydrogens (tertiary/aromatic N) is 4. The minimum atomic E-state index is -0.230. The number of likely N-dealkylation sites (tertiary alicyclic amines) is 1. The van der Waals surface area contributed by atoms with Gasteiger partial charge in [-0.3, -0.25) is 4.79 Å². The summed E-state index contributed by atoms with van der Waals surface area (Å²) in [6.45, 7) is 1.04. The predicted octanol–water partition coefficient (Wildman–Crippen LogP) is 3.46. The fourth-order valence-corrected chi connectivity index (χ4v) is 3.52. The lowest BCUT2D eigenvalue weighted by Gasteiger charge is -2.32. The van der Waals surface area contributed by atoms with Gasteiger partial charge in [0, 0.05) is 18.9 Å². The zero-order valence-corrected chi connectivity index (χ0v) is 17.0. The molecule has 1 aromatic heterocycles. The monoisotopic (exact) mass is 414 g/mol. The molecule has 7 heteroatoms. The largest absolute Gasteiger partial charge is 0.484 e. The number of hydrogen-bond acceptors (Lipinski definition) is 6. The molecule has 1 saturated heterocycles. The second-order valence-electron chi connectivity index (χ2n) is 7.22. The number of amides is 1. The van der Waals surface area contributed by atoms with Gasteiger partial charge in [0.05, 0.1) is 6.54 Å². The van der Waals surface area contributed by atoms with Gasteiger partial charge in [0.1, 0.15) is 17.9 Å². The molecule has 0 radical (unpaired) electrons. The Morgan fingerprint density at radius 3 is 2.58 bits per heavy atom. The zero-order chi connectivity index (χ0) is 21.5. The van der Waals surface area contributed by atoms with Crippen molar-refractivity contribution in [2.45, 2.75) is 18.9 Å². The first-order valence-electron chi connectivity index (χ1n) is 10.2. The van der Waals surface area contributed by atoms with Crippen LogP contribution in [0, 0.1) is 11.3 Å². The Hall–Kier alpha value is -3.92. The molecule has 1 aliphatic rings. The third-order valence-corrected chi connectivity index (χ3v) is 5.10. The van der Waals surface area contributed by atoms with Crippen LogP contribution in [-0.4, -0.2) is 46.6 Å². The first-order valence-corrected chi connectivity index (χ1v) is 10.2. The Bertz CT molecular complexity index is 1060. The molecule has 0 bridgehead atoms. The Kier molecular flexibility index (Phi) is 6.38. The Morgan fingerprint density at radius 2 is 1.81 bits per heavy atom. The van der Waals surface area contributed by atoms with E-state index in [0.717, 1.165) is 24.0 Å². The predicted molar refractivity (Wildman–Crippen MR) is 114 cm³/mol. The van der Waals surface area contributed by atoms with Gasteiger partial charge in [-0.1, -0.05) is 42.5 Å². The number of piperidine rings is 1. The number of carbonyl (C=O) groups is 1. The van der Waals surface area contributed by atoms with E-state index in [9.17, 15) is 4.79 Å². The molecule has 1 unspecified atom stereocenters. The van der Waals surface area contributed by atoms with E-state index in [2.05, 4.69) is 22.1 Å². The highest BCUT2D eigenvalue weighted by atomic mass is 16.5. The first kappa shape index (κ1) is 20.4. The number of rotatable bonds is 6. The number of benzene rings is 2. The van der Waals surface area contributed by atoms with Crippen molar-refractivity contribution in [1.82, 2.24) is 14.9 Å². The Labute approximate surface area is 180 Å². The van der Waals surface area contributed by atoms with Crippen molar-refractivity contribution in [2.24, 2.45) is 0 Å². The van der Waals surface area contributed by atoms with E-state index in [1.807, 2.05) is 48.5 Å². The summed E-state index contributed by atoms with van der Waals surface area (Å²) in [4.78, 5) is 22.4. The van der Waals surface area contributed by atoms with Crippen molar-refractivity contribution < 1.29 is 14.3 Å². The number of nitriles is 1. The molecule has 0 aliphatic carbocycles. The average molecular weight is 414 g/mol. The molecule has 2 heterocycles. The van der Waals surface area contributed by atoms with E-state index in [1.54, 1.807) is 4.90 Å². The van der Waals surface area contributed by atoms with Crippen LogP contribution in [0.15, 0.2) is 67.0 Å². The molecule has 156 valence electrons. The molecule has 4 rings (SSSR count). The third kappa shape index (κ3) is 5.17. The van der Waals surface area contributed by atoms with E-state index in [4.69, 9.17) is 14.7 Å². The maximum Gasteiger partial charge on any atom is 0.260 e. The number of carbonyl (C=O) groups excluding carboxylic acids is 1. The quantitative estimate of drug-likeness (QED) is 0.614. The summed E-state index contributed by atoms with van der Waals surface area (Å²) in [5, 5.41) is 9.13. The van der Waals surface area contributed by atoms with Gasteiger partial charge in [0.15, 0.2) is 6.61 Å². The molecule has 1 amide bonds. The highest BCUT2D eigenvalue weighted by Crippen LogP contribution is 2.22. The summed E-state index contributed by atoms with van der Waals surface area (Å²) < 4.78 is 11.5. The van der Waals surface area contributed by atoms with Crippen LogP contribution >= 0.6 is 0 Å². The second-order valence-corrected chi connectivity index (χ2v) is 7.22. The van der Waals surface area contributed by atoms with E-state index in [1.165, 1.54) is 12.4 Å². The highest BCUT2D eigenvalue weighted by Gasteiger charge is 2.26. The molecule has 31 heavy (non-hydrogen) atoms. The SMILES string of the molecule is N#Cc1nccnc1OC1CCCN(C(=O)COc2ccc(-c3ccccc3)cc2)C1. The summed E-state index contributed by atoms with van der Waals surface area (Å²) in [5.41, 5.74) is 2.37.